The molecule has 1 aliphatic carbocycles. The fraction of sp³-hybridized carbons (Fsp3) is 0.500. The van der Waals surface area contributed by atoms with Gasteiger partial charge in [-0.05, 0) is 30.9 Å². The Hall–Kier alpha value is -1.37. The van der Waals surface area contributed by atoms with Gasteiger partial charge in [0.2, 0.25) is 0 Å². The molecule has 0 saturated heterocycles. The predicted octanol–water partition coefficient (Wildman–Crippen LogP) is 2.57. The molecule has 0 amide bonds. The van der Waals surface area contributed by atoms with E-state index in [0.29, 0.717) is 11.4 Å². The molecule has 0 aliphatic heterocycles. The van der Waals surface area contributed by atoms with Gasteiger partial charge in [-0.15, -0.1) is 0 Å². The van der Waals surface area contributed by atoms with Gasteiger partial charge in [-0.2, -0.15) is 13.2 Å². The van der Waals surface area contributed by atoms with Crippen LogP contribution in [0.3, 0.4) is 0 Å². The molecule has 1 aromatic heterocycles. The van der Waals surface area contributed by atoms with E-state index < -0.39 is 12.6 Å². The standard InChI is InChI=1S/C12H14F3N3S/c13-12(14,15)4-5-17-11-8(10(16)19)6-7-2-1-3-9(7)18-11/h6H,1-5H2,(H2,16,19)(H,17,18). The summed E-state index contributed by atoms with van der Waals surface area (Å²) in [4.78, 5) is 4.50. The minimum atomic E-state index is -4.19. The molecule has 0 radical (unpaired) electrons. The van der Waals surface area contributed by atoms with Crippen LogP contribution in [0.4, 0.5) is 19.0 Å². The summed E-state index contributed by atoms with van der Waals surface area (Å²) in [5.74, 6) is 0.359. The van der Waals surface area contributed by atoms with Crippen LogP contribution in [0.25, 0.3) is 0 Å². The van der Waals surface area contributed by atoms with Gasteiger partial charge in [0.1, 0.15) is 10.8 Å². The molecule has 0 fully saturated rings. The lowest BCUT2D eigenvalue weighted by molar-refractivity contribution is -0.131. The lowest BCUT2D eigenvalue weighted by Gasteiger charge is -2.13. The first kappa shape index (κ1) is 14.0. The topological polar surface area (TPSA) is 50.9 Å². The molecule has 3 nitrogen and oxygen atoms in total. The average molecular weight is 289 g/mol. The summed E-state index contributed by atoms with van der Waals surface area (Å²) in [5, 5.41) is 2.68. The number of nitrogens with zero attached hydrogens (tertiary/aromatic N) is 1. The van der Waals surface area contributed by atoms with Gasteiger partial charge >= 0.3 is 6.18 Å². The molecule has 7 heteroatoms. The third kappa shape index (κ3) is 3.56. The van der Waals surface area contributed by atoms with Crippen LogP contribution in [0.15, 0.2) is 6.07 Å². The minimum absolute atomic E-state index is 0.150. The maximum absolute atomic E-state index is 12.1. The summed E-state index contributed by atoms with van der Waals surface area (Å²) in [5.41, 5.74) is 8.13. The third-order valence-corrected chi connectivity index (χ3v) is 3.24. The van der Waals surface area contributed by atoms with E-state index >= 15 is 0 Å². The Balaban J connectivity index is 2.16. The number of nitrogens with one attached hydrogen (secondary N) is 1. The molecule has 19 heavy (non-hydrogen) atoms. The molecule has 1 heterocycles. The largest absolute Gasteiger partial charge is 0.390 e. The summed E-state index contributed by atoms with van der Waals surface area (Å²) < 4.78 is 36.4. The van der Waals surface area contributed by atoms with Gasteiger partial charge in [0.15, 0.2) is 0 Å². The summed E-state index contributed by atoms with van der Waals surface area (Å²) in [6.45, 7) is -0.231. The van der Waals surface area contributed by atoms with Crippen molar-refractivity contribution < 1.29 is 13.2 Å². The number of halogens is 3. The van der Waals surface area contributed by atoms with Gasteiger partial charge in [0, 0.05) is 12.2 Å². The molecule has 0 spiro atoms. The maximum Gasteiger partial charge on any atom is 0.390 e. The van der Waals surface area contributed by atoms with Crippen molar-refractivity contribution in [2.45, 2.75) is 31.9 Å². The van der Waals surface area contributed by atoms with Crippen molar-refractivity contribution >= 4 is 23.0 Å². The predicted molar refractivity (Wildman–Crippen MR) is 71.3 cm³/mol. The summed E-state index contributed by atoms with van der Waals surface area (Å²) in [6, 6.07) is 1.84. The molecule has 104 valence electrons. The van der Waals surface area contributed by atoms with Crippen molar-refractivity contribution in [3.05, 3.63) is 22.9 Å². The quantitative estimate of drug-likeness (QED) is 0.837. The van der Waals surface area contributed by atoms with Gasteiger partial charge < -0.3 is 11.1 Å². The average Bonchev–Trinajstić information content (AvgIpc) is 2.72. The van der Waals surface area contributed by atoms with Crippen LogP contribution in [0, 0.1) is 0 Å². The number of aryl methyl sites for hydroxylation is 2. The van der Waals surface area contributed by atoms with Crippen molar-refractivity contribution in [1.82, 2.24) is 4.98 Å². The monoisotopic (exact) mass is 289 g/mol. The van der Waals surface area contributed by atoms with Crippen molar-refractivity contribution in [3.8, 4) is 0 Å². The van der Waals surface area contributed by atoms with Crippen molar-refractivity contribution in [2.24, 2.45) is 5.73 Å². The van der Waals surface area contributed by atoms with E-state index in [2.05, 4.69) is 10.3 Å². The van der Waals surface area contributed by atoms with E-state index in [-0.39, 0.29) is 11.5 Å². The Morgan fingerprint density at radius 2 is 2.16 bits per heavy atom. The highest BCUT2D eigenvalue weighted by atomic mass is 32.1. The molecule has 3 N–H and O–H groups in total. The number of aromatic nitrogens is 1. The van der Waals surface area contributed by atoms with E-state index in [1.807, 2.05) is 6.07 Å². The summed E-state index contributed by atoms with van der Waals surface area (Å²) in [7, 11) is 0. The van der Waals surface area contributed by atoms with Crippen LogP contribution in [-0.2, 0) is 12.8 Å². The van der Waals surface area contributed by atoms with Crippen LogP contribution in [-0.4, -0.2) is 22.7 Å². The van der Waals surface area contributed by atoms with Crippen LogP contribution in [0.1, 0.15) is 29.7 Å². The second-order valence-corrected chi connectivity index (χ2v) is 4.94. The minimum Gasteiger partial charge on any atom is -0.389 e. The molecular weight excluding hydrogens is 275 g/mol. The molecular formula is C12H14F3N3S. The fourth-order valence-electron chi connectivity index (χ4n) is 2.12. The number of anilines is 1. The zero-order valence-corrected chi connectivity index (χ0v) is 11.0. The Kier molecular flexibility index (Phi) is 3.93. The fourth-order valence-corrected chi connectivity index (χ4v) is 2.27. The SMILES string of the molecule is NC(=S)c1cc2c(nc1NCCC(F)(F)F)CCC2. The van der Waals surface area contributed by atoms with E-state index in [1.54, 1.807) is 0 Å². The van der Waals surface area contributed by atoms with E-state index in [4.69, 9.17) is 18.0 Å². The third-order valence-electron chi connectivity index (χ3n) is 3.02. The van der Waals surface area contributed by atoms with Gasteiger partial charge in [0.05, 0.1) is 12.0 Å². The Bertz CT molecular complexity index is 500. The maximum atomic E-state index is 12.1. The molecule has 0 bridgehead atoms. The number of pyridine rings is 1. The molecule has 0 atom stereocenters. The highest BCUT2D eigenvalue weighted by Gasteiger charge is 2.26. The zero-order chi connectivity index (χ0) is 14.0. The van der Waals surface area contributed by atoms with Gasteiger partial charge in [-0.25, -0.2) is 4.98 Å². The molecule has 0 saturated carbocycles. The number of thiocarbonyl (C=S) groups is 1. The molecule has 1 aromatic rings. The number of hydrogen-bond acceptors (Lipinski definition) is 3. The Morgan fingerprint density at radius 3 is 2.79 bits per heavy atom. The smallest absolute Gasteiger partial charge is 0.389 e. The Morgan fingerprint density at radius 1 is 1.42 bits per heavy atom. The molecule has 2 rings (SSSR count). The summed E-state index contributed by atoms with van der Waals surface area (Å²) in [6.07, 6.45) is -2.33. The molecule has 0 aromatic carbocycles. The van der Waals surface area contributed by atoms with E-state index in [9.17, 15) is 13.2 Å². The van der Waals surface area contributed by atoms with Crippen LogP contribution >= 0.6 is 12.2 Å². The van der Waals surface area contributed by atoms with Crippen LogP contribution in [0.5, 0.6) is 0 Å². The number of fused-ring (bicyclic) bond motifs is 1. The number of alkyl halides is 3. The van der Waals surface area contributed by atoms with Crippen LogP contribution < -0.4 is 11.1 Å². The molecule has 0 unspecified atom stereocenters. The molecule has 1 aliphatic rings. The van der Waals surface area contributed by atoms with E-state index in [0.717, 1.165) is 30.5 Å². The summed E-state index contributed by atoms with van der Waals surface area (Å²) >= 11 is 4.92. The number of nitrogens with two attached hydrogens (primary N) is 1. The highest BCUT2D eigenvalue weighted by molar-refractivity contribution is 7.80. The first-order chi connectivity index (χ1) is 8.87. The number of rotatable bonds is 4. The second kappa shape index (κ2) is 5.32. The highest BCUT2D eigenvalue weighted by Crippen LogP contribution is 2.26. The van der Waals surface area contributed by atoms with Gasteiger partial charge in [-0.3, -0.25) is 0 Å². The van der Waals surface area contributed by atoms with Gasteiger partial charge in [-0.1, -0.05) is 12.2 Å². The lowest BCUT2D eigenvalue weighted by atomic mass is 10.1. The van der Waals surface area contributed by atoms with Crippen LogP contribution in [0.2, 0.25) is 0 Å². The van der Waals surface area contributed by atoms with E-state index in [1.165, 1.54) is 0 Å². The van der Waals surface area contributed by atoms with Crippen molar-refractivity contribution in [3.63, 3.8) is 0 Å². The first-order valence-corrected chi connectivity index (χ1v) is 6.41. The normalized spacial score (nSPS) is 14.3. The second-order valence-electron chi connectivity index (χ2n) is 4.50. The lowest BCUT2D eigenvalue weighted by Crippen LogP contribution is -2.19. The van der Waals surface area contributed by atoms with Crippen molar-refractivity contribution in [1.29, 1.82) is 0 Å². The van der Waals surface area contributed by atoms with Gasteiger partial charge in [0.25, 0.3) is 0 Å². The first-order valence-electron chi connectivity index (χ1n) is 6.00. The Labute approximate surface area is 114 Å². The van der Waals surface area contributed by atoms with Crippen molar-refractivity contribution in [2.75, 3.05) is 11.9 Å². The zero-order valence-electron chi connectivity index (χ0n) is 10.2. The number of hydrogen-bond donors (Lipinski definition) is 2.